The summed E-state index contributed by atoms with van der Waals surface area (Å²) >= 11 is 0. The molecule has 0 aliphatic rings. The number of nitrogens with zero attached hydrogens (tertiary/aromatic N) is 2. The predicted molar refractivity (Wildman–Crippen MR) is 81.0 cm³/mol. The van der Waals surface area contributed by atoms with E-state index < -0.39 is 0 Å². The smallest absolute Gasteiger partial charge is 0.0165 e. The van der Waals surface area contributed by atoms with E-state index in [0.717, 1.165) is 45.7 Å². The quantitative estimate of drug-likeness (QED) is 0.512. The fourth-order valence-electron chi connectivity index (χ4n) is 1.74. The number of unbranched alkanes of at least 4 members (excludes halogenated alkanes) is 1. The van der Waals surface area contributed by atoms with E-state index in [1.54, 1.807) is 0 Å². The van der Waals surface area contributed by atoms with Crippen molar-refractivity contribution in [1.82, 2.24) is 15.1 Å². The Morgan fingerprint density at radius 3 is 2.33 bits per heavy atom. The Morgan fingerprint density at radius 2 is 1.72 bits per heavy atom. The maximum atomic E-state index is 6.01. The van der Waals surface area contributed by atoms with Crippen LogP contribution in [0, 0.1) is 0 Å². The second-order valence-corrected chi connectivity index (χ2v) is 5.31. The SMILES string of the molecule is CCCCC(N)CNCCN(C)CCN(C)CC. The average Bonchev–Trinajstić information content (AvgIpc) is 2.38. The normalized spacial score (nSPS) is 13.5. The number of hydrogen-bond acceptors (Lipinski definition) is 4. The van der Waals surface area contributed by atoms with Gasteiger partial charge in [-0.1, -0.05) is 26.7 Å². The summed E-state index contributed by atoms with van der Waals surface area (Å²) in [6.45, 7) is 10.9. The molecule has 0 saturated heterocycles. The van der Waals surface area contributed by atoms with Crippen molar-refractivity contribution in [3.05, 3.63) is 0 Å². The van der Waals surface area contributed by atoms with Gasteiger partial charge in [-0.3, -0.25) is 0 Å². The van der Waals surface area contributed by atoms with Crippen molar-refractivity contribution in [2.75, 3.05) is 53.4 Å². The van der Waals surface area contributed by atoms with Crippen LogP contribution in [0.5, 0.6) is 0 Å². The largest absolute Gasteiger partial charge is 0.327 e. The highest BCUT2D eigenvalue weighted by atomic mass is 15.2. The Balaban J connectivity index is 3.36. The van der Waals surface area contributed by atoms with Gasteiger partial charge >= 0.3 is 0 Å². The molecule has 3 N–H and O–H groups in total. The molecule has 0 aliphatic carbocycles. The van der Waals surface area contributed by atoms with E-state index in [0.29, 0.717) is 6.04 Å². The highest BCUT2D eigenvalue weighted by Gasteiger charge is 2.02. The highest BCUT2D eigenvalue weighted by Crippen LogP contribution is 1.96. The van der Waals surface area contributed by atoms with Crippen LogP contribution in [-0.4, -0.2) is 69.2 Å². The molecule has 0 bridgehead atoms. The van der Waals surface area contributed by atoms with Crippen molar-refractivity contribution >= 4 is 0 Å². The van der Waals surface area contributed by atoms with Crippen LogP contribution < -0.4 is 11.1 Å². The molecule has 0 aromatic rings. The second-order valence-electron chi connectivity index (χ2n) is 5.31. The highest BCUT2D eigenvalue weighted by molar-refractivity contribution is 4.65. The molecule has 0 amide bonds. The average molecular weight is 258 g/mol. The van der Waals surface area contributed by atoms with Crippen molar-refractivity contribution in [3.8, 4) is 0 Å². The molecule has 0 aliphatic heterocycles. The maximum Gasteiger partial charge on any atom is 0.0165 e. The van der Waals surface area contributed by atoms with Gasteiger partial charge in [0, 0.05) is 38.8 Å². The van der Waals surface area contributed by atoms with Gasteiger partial charge in [0.1, 0.15) is 0 Å². The van der Waals surface area contributed by atoms with Gasteiger partial charge in [-0.05, 0) is 27.1 Å². The lowest BCUT2D eigenvalue weighted by Gasteiger charge is -2.21. The monoisotopic (exact) mass is 258 g/mol. The summed E-state index contributed by atoms with van der Waals surface area (Å²) in [7, 11) is 4.35. The number of likely N-dealkylation sites (N-methyl/N-ethyl adjacent to an activating group) is 2. The first-order valence-electron chi connectivity index (χ1n) is 7.43. The zero-order valence-electron chi connectivity index (χ0n) is 12.9. The number of hydrogen-bond donors (Lipinski definition) is 2. The van der Waals surface area contributed by atoms with E-state index in [2.05, 4.69) is 43.1 Å². The molecule has 0 fully saturated rings. The molecule has 0 radical (unpaired) electrons. The molecule has 0 heterocycles. The molecule has 1 atom stereocenters. The van der Waals surface area contributed by atoms with Crippen LogP contribution in [0.15, 0.2) is 0 Å². The molecular formula is C14H34N4. The molecule has 18 heavy (non-hydrogen) atoms. The van der Waals surface area contributed by atoms with E-state index in [1.165, 1.54) is 12.8 Å². The van der Waals surface area contributed by atoms with Gasteiger partial charge in [0.15, 0.2) is 0 Å². The lowest BCUT2D eigenvalue weighted by molar-refractivity contribution is 0.263. The van der Waals surface area contributed by atoms with Gasteiger partial charge in [-0.15, -0.1) is 0 Å². The first kappa shape index (κ1) is 17.8. The van der Waals surface area contributed by atoms with Gasteiger partial charge in [0.2, 0.25) is 0 Å². The van der Waals surface area contributed by atoms with Gasteiger partial charge in [0.25, 0.3) is 0 Å². The minimum atomic E-state index is 0.321. The summed E-state index contributed by atoms with van der Waals surface area (Å²) in [5.74, 6) is 0. The van der Waals surface area contributed by atoms with E-state index in [1.807, 2.05) is 0 Å². The fraction of sp³-hybridized carbons (Fsp3) is 1.00. The first-order valence-corrected chi connectivity index (χ1v) is 7.43. The topological polar surface area (TPSA) is 44.5 Å². The van der Waals surface area contributed by atoms with E-state index >= 15 is 0 Å². The molecule has 0 spiro atoms. The van der Waals surface area contributed by atoms with Crippen LogP contribution in [0.2, 0.25) is 0 Å². The molecule has 0 saturated carbocycles. The summed E-state index contributed by atoms with van der Waals surface area (Å²) in [5.41, 5.74) is 6.01. The molecule has 0 rings (SSSR count). The van der Waals surface area contributed by atoms with E-state index in [-0.39, 0.29) is 0 Å². The van der Waals surface area contributed by atoms with E-state index in [4.69, 9.17) is 5.73 Å². The lowest BCUT2D eigenvalue weighted by atomic mass is 10.1. The van der Waals surface area contributed by atoms with Gasteiger partial charge in [-0.25, -0.2) is 0 Å². The Labute approximate surface area is 114 Å². The van der Waals surface area contributed by atoms with Crippen molar-refractivity contribution in [2.45, 2.75) is 39.2 Å². The third-order valence-corrected chi connectivity index (χ3v) is 3.41. The third kappa shape index (κ3) is 11.0. The Bertz CT molecular complexity index is 175. The Hall–Kier alpha value is -0.160. The molecule has 110 valence electrons. The van der Waals surface area contributed by atoms with Crippen molar-refractivity contribution in [2.24, 2.45) is 5.73 Å². The minimum Gasteiger partial charge on any atom is -0.327 e. The summed E-state index contributed by atoms with van der Waals surface area (Å²) < 4.78 is 0. The second kappa shape index (κ2) is 11.9. The van der Waals surface area contributed by atoms with Crippen LogP contribution in [-0.2, 0) is 0 Å². The van der Waals surface area contributed by atoms with Crippen molar-refractivity contribution in [3.63, 3.8) is 0 Å². The third-order valence-electron chi connectivity index (χ3n) is 3.41. The molecule has 1 unspecified atom stereocenters. The number of nitrogens with one attached hydrogen (secondary N) is 1. The summed E-state index contributed by atoms with van der Waals surface area (Å²) in [6.07, 6.45) is 3.62. The zero-order valence-corrected chi connectivity index (χ0v) is 12.9. The number of rotatable bonds is 12. The molecule has 0 aromatic carbocycles. The van der Waals surface area contributed by atoms with Crippen LogP contribution in [0.25, 0.3) is 0 Å². The Morgan fingerprint density at radius 1 is 1.06 bits per heavy atom. The van der Waals surface area contributed by atoms with E-state index in [9.17, 15) is 0 Å². The van der Waals surface area contributed by atoms with Crippen LogP contribution in [0.1, 0.15) is 33.1 Å². The van der Waals surface area contributed by atoms with Crippen molar-refractivity contribution < 1.29 is 0 Å². The summed E-state index contributed by atoms with van der Waals surface area (Å²) in [6, 6.07) is 0.321. The molecule has 4 nitrogen and oxygen atoms in total. The first-order chi connectivity index (χ1) is 8.60. The maximum absolute atomic E-state index is 6.01. The molecule has 0 aromatic heterocycles. The Kier molecular flexibility index (Phi) is 11.8. The predicted octanol–water partition coefficient (Wildman–Crippen LogP) is 0.977. The van der Waals surface area contributed by atoms with Gasteiger partial charge in [-0.2, -0.15) is 0 Å². The summed E-state index contributed by atoms with van der Waals surface area (Å²) in [5, 5.41) is 3.45. The van der Waals surface area contributed by atoms with Crippen LogP contribution in [0.4, 0.5) is 0 Å². The molecule has 4 heteroatoms. The van der Waals surface area contributed by atoms with Crippen LogP contribution >= 0.6 is 0 Å². The van der Waals surface area contributed by atoms with Gasteiger partial charge in [0.05, 0.1) is 0 Å². The number of nitrogens with two attached hydrogens (primary N) is 1. The fourth-order valence-corrected chi connectivity index (χ4v) is 1.74. The van der Waals surface area contributed by atoms with Crippen LogP contribution in [0.3, 0.4) is 0 Å². The zero-order chi connectivity index (χ0) is 13.8. The lowest BCUT2D eigenvalue weighted by Crippen LogP contribution is -2.39. The summed E-state index contributed by atoms with van der Waals surface area (Å²) in [4.78, 5) is 4.71. The minimum absolute atomic E-state index is 0.321. The molecular weight excluding hydrogens is 224 g/mol. The standard InChI is InChI=1S/C14H34N4/c1-5-7-8-14(15)13-16-9-10-18(4)12-11-17(3)6-2/h14,16H,5-13,15H2,1-4H3. The van der Waals surface area contributed by atoms with Crippen molar-refractivity contribution in [1.29, 1.82) is 0 Å². The van der Waals surface area contributed by atoms with Gasteiger partial charge < -0.3 is 20.9 Å².